The molecule has 3 fully saturated rings. The summed E-state index contributed by atoms with van der Waals surface area (Å²) in [6.07, 6.45) is 5.43. The van der Waals surface area contributed by atoms with Crippen LogP contribution in [0.4, 0.5) is 0 Å². The summed E-state index contributed by atoms with van der Waals surface area (Å²) >= 11 is 0. The summed E-state index contributed by atoms with van der Waals surface area (Å²) in [4.78, 5) is 0. The lowest BCUT2D eigenvalue weighted by Gasteiger charge is -2.32. The largest absolute Gasteiger partial charge is 0.463 e. The van der Waals surface area contributed by atoms with Gasteiger partial charge in [0, 0.05) is 12.4 Å². The maximum Gasteiger partial charge on any atom is 0.463 e. The number of rotatable bonds is 1. The summed E-state index contributed by atoms with van der Waals surface area (Å²) in [6.45, 7) is 10.8. The highest BCUT2D eigenvalue weighted by atomic mass is 35.5. The Kier molecular flexibility index (Phi) is 4.03. The molecule has 0 radical (unpaired) electrons. The molecule has 2 heterocycles. The van der Waals surface area contributed by atoms with Crippen molar-refractivity contribution < 1.29 is 9.31 Å². The van der Waals surface area contributed by atoms with Crippen molar-refractivity contribution in [3.63, 3.8) is 0 Å². The Morgan fingerprint density at radius 1 is 1.00 bits per heavy atom. The molecule has 1 spiro atoms. The second-order valence-electron chi connectivity index (χ2n) is 7.43. The smallest absolute Gasteiger partial charge is 0.403 e. The average Bonchev–Trinajstić information content (AvgIpc) is 2.91. The van der Waals surface area contributed by atoms with Crippen molar-refractivity contribution in [2.45, 2.75) is 70.4 Å². The van der Waals surface area contributed by atoms with Crippen molar-refractivity contribution in [1.29, 1.82) is 0 Å². The van der Waals surface area contributed by atoms with Gasteiger partial charge < -0.3 is 14.6 Å². The van der Waals surface area contributed by atoms with Gasteiger partial charge in [0.1, 0.15) is 0 Å². The van der Waals surface area contributed by atoms with Gasteiger partial charge >= 0.3 is 7.12 Å². The second kappa shape index (κ2) is 4.90. The molecule has 5 heteroatoms. The van der Waals surface area contributed by atoms with E-state index in [1.165, 1.54) is 25.7 Å². The molecule has 2 aliphatic heterocycles. The molecule has 0 aromatic heterocycles. The van der Waals surface area contributed by atoms with Gasteiger partial charge in [-0.1, -0.05) is 12.8 Å². The topological polar surface area (TPSA) is 30.5 Å². The van der Waals surface area contributed by atoms with E-state index in [0.29, 0.717) is 11.2 Å². The first-order valence-electron chi connectivity index (χ1n) is 7.43. The molecule has 1 N–H and O–H groups in total. The Bertz CT molecular complexity index is 321. The lowest BCUT2D eigenvalue weighted by molar-refractivity contribution is 0.00578. The highest BCUT2D eigenvalue weighted by molar-refractivity contribution is 6.48. The van der Waals surface area contributed by atoms with Gasteiger partial charge in [-0.25, -0.2) is 0 Å². The number of hydrogen-bond donors (Lipinski definition) is 1. The minimum atomic E-state index is -0.194. The third kappa shape index (κ3) is 2.35. The number of halogens is 1. The standard InChI is InChI=1S/C14H26BNO2.ClH/c1-12(2)13(3,4)18-15(17-12)11-9-16-10-14(11)7-5-6-8-14;/h11,16H,5-10H2,1-4H3;1H. The fraction of sp³-hybridized carbons (Fsp3) is 1.00. The van der Waals surface area contributed by atoms with Crippen LogP contribution in [0.15, 0.2) is 0 Å². The zero-order valence-corrected chi connectivity index (χ0v) is 13.4. The first-order valence-corrected chi connectivity index (χ1v) is 7.43. The van der Waals surface area contributed by atoms with Crippen molar-refractivity contribution >= 4 is 19.5 Å². The van der Waals surface area contributed by atoms with Crippen LogP contribution in [0.5, 0.6) is 0 Å². The predicted octanol–water partition coefficient (Wildman–Crippen LogP) is 3.03. The Morgan fingerprint density at radius 3 is 2.05 bits per heavy atom. The SMILES string of the molecule is CC1(C)OB(C2CNCC23CCCC3)OC1(C)C.Cl. The van der Waals surface area contributed by atoms with Crippen LogP contribution < -0.4 is 5.32 Å². The molecule has 0 aromatic rings. The van der Waals surface area contributed by atoms with Crippen LogP contribution >= 0.6 is 12.4 Å². The Morgan fingerprint density at radius 2 is 1.53 bits per heavy atom. The van der Waals surface area contributed by atoms with Gasteiger partial charge in [-0.15, -0.1) is 12.4 Å². The number of nitrogens with one attached hydrogen (secondary N) is 1. The van der Waals surface area contributed by atoms with Crippen LogP contribution in [-0.2, 0) is 9.31 Å². The van der Waals surface area contributed by atoms with Crippen LogP contribution in [-0.4, -0.2) is 31.4 Å². The van der Waals surface area contributed by atoms with E-state index in [1.807, 2.05) is 0 Å². The summed E-state index contributed by atoms with van der Waals surface area (Å²) in [6, 6.07) is 0. The molecule has 0 bridgehead atoms. The van der Waals surface area contributed by atoms with Gasteiger partial charge in [0.2, 0.25) is 0 Å². The highest BCUT2D eigenvalue weighted by Crippen LogP contribution is 2.54. The fourth-order valence-corrected chi connectivity index (χ4v) is 3.89. The zero-order chi connectivity index (χ0) is 13.0. The third-order valence-electron chi connectivity index (χ3n) is 5.83. The van der Waals surface area contributed by atoms with E-state index >= 15 is 0 Å². The molecular formula is C14H27BClNO2. The summed E-state index contributed by atoms with van der Waals surface area (Å²) in [5.41, 5.74) is 0.0568. The van der Waals surface area contributed by atoms with Gasteiger partial charge in [0.15, 0.2) is 0 Å². The van der Waals surface area contributed by atoms with Gasteiger partial charge in [-0.3, -0.25) is 0 Å². The van der Waals surface area contributed by atoms with Crippen molar-refractivity contribution in [2.24, 2.45) is 5.41 Å². The highest BCUT2D eigenvalue weighted by Gasteiger charge is 2.59. The molecule has 3 nitrogen and oxygen atoms in total. The number of hydrogen-bond acceptors (Lipinski definition) is 3. The Labute approximate surface area is 123 Å². The van der Waals surface area contributed by atoms with E-state index in [2.05, 4.69) is 33.0 Å². The van der Waals surface area contributed by atoms with Crippen molar-refractivity contribution in [3.8, 4) is 0 Å². The molecule has 19 heavy (non-hydrogen) atoms. The van der Waals surface area contributed by atoms with Crippen molar-refractivity contribution in [3.05, 3.63) is 0 Å². The van der Waals surface area contributed by atoms with Gasteiger partial charge in [-0.2, -0.15) is 0 Å². The van der Waals surface area contributed by atoms with Gasteiger partial charge in [-0.05, 0) is 52.5 Å². The van der Waals surface area contributed by atoms with Crippen LogP contribution in [0.3, 0.4) is 0 Å². The molecule has 110 valence electrons. The maximum atomic E-state index is 6.27. The van der Waals surface area contributed by atoms with Crippen LogP contribution in [0, 0.1) is 5.41 Å². The molecule has 3 rings (SSSR count). The van der Waals surface area contributed by atoms with E-state index in [4.69, 9.17) is 9.31 Å². The monoisotopic (exact) mass is 287 g/mol. The molecule has 1 atom stereocenters. The average molecular weight is 288 g/mol. The third-order valence-corrected chi connectivity index (χ3v) is 5.83. The molecule has 0 aromatic carbocycles. The lowest BCUT2D eigenvalue weighted by atomic mass is 9.58. The van der Waals surface area contributed by atoms with Crippen LogP contribution in [0.2, 0.25) is 5.82 Å². The first-order chi connectivity index (χ1) is 8.36. The fourth-order valence-electron chi connectivity index (χ4n) is 3.89. The van der Waals surface area contributed by atoms with Crippen LogP contribution in [0.1, 0.15) is 53.4 Å². The lowest BCUT2D eigenvalue weighted by Crippen LogP contribution is -2.41. The second-order valence-corrected chi connectivity index (χ2v) is 7.43. The van der Waals surface area contributed by atoms with Gasteiger partial charge in [0.25, 0.3) is 0 Å². The minimum Gasteiger partial charge on any atom is -0.403 e. The predicted molar refractivity (Wildman–Crippen MR) is 80.9 cm³/mol. The normalized spacial score (nSPS) is 34.7. The van der Waals surface area contributed by atoms with Crippen molar-refractivity contribution in [2.75, 3.05) is 13.1 Å². The Balaban J connectivity index is 0.00000133. The van der Waals surface area contributed by atoms with E-state index in [0.717, 1.165) is 13.1 Å². The van der Waals surface area contributed by atoms with E-state index in [1.54, 1.807) is 0 Å². The van der Waals surface area contributed by atoms with E-state index < -0.39 is 0 Å². The first kappa shape index (κ1) is 15.6. The van der Waals surface area contributed by atoms with Crippen molar-refractivity contribution in [1.82, 2.24) is 5.32 Å². The minimum absolute atomic E-state index is 0. The van der Waals surface area contributed by atoms with E-state index in [-0.39, 0.29) is 30.7 Å². The van der Waals surface area contributed by atoms with Crippen LogP contribution in [0.25, 0.3) is 0 Å². The van der Waals surface area contributed by atoms with E-state index in [9.17, 15) is 0 Å². The maximum absolute atomic E-state index is 6.27. The molecule has 1 saturated carbocycles. The molecule has 2 saturated heterocycles. The molecule has 1 aliphatic carbocycles. The zero-order valence-electron chi connectivity index (χ0n) is 12.6. The quantitative estimate of drug-likeness (QED) is 0.752. The summed E-state index contributed by atoms with van der Waals surface area (Å²) in [5.74, 6) is 0.529. The summed E-state index contributed by atoms with van der Waals surface area (Å²) < 4.78 is 12.5. The molecular weight excluding hydrogens is 260 g/mol. The molecule has 1 unspecified atom stereocenters. The summed E-state index contributed by atoms with van der Waals surface area (Å²) in [7, 11) is -0.0249. The summed E-state index contributed by atoms with van der Waals surface area (Å²) in [5, 5.41) is 3.58. The molecule has 3 aliphatic rings. The Hall–Kier alpha value is 0.235. The molecule has 0 amide bonds. The van der Waals surface area contributed by atoms with Gasteiger partial charge in [0.05, 0.1) is 11.2 Å².